The van der Waals surface area contributed by atoms with E-state index in [2.05, 4.69) is 85.0 Å². The van der Waals surface area contributed by atoms with Gasteiger partial charge in [0.25, 0.3) is 0 Å². The third-order valence-corrected chi connectivity index (χ3v) is 2.74. The Morgan fingerprint density at radius 2 is 1.15 bits per heavy atom. The van der Waals surface area contributed by atoms with Crippen molar-refractivity contribution in [3.05, 3.63) is 50.2 Å². The van der Waals surface area contributed by atoms with Crippen LogP contribution in [0.25, 0.3) is 0 Å². The van der Waals surface area contributed by atoms with E-state index < -0.39 is 0 Å². The molecule has 0 unspecified atom stereocenters. The summed E-state index contributed by atoms with van der Waals surface area (Å²) >= 11 is 3.22. The monoisotopic (exact) mass is 764 g/mol. The molecule has 0 saturated heterocycles. The first-order chi connectivity index (χ1) is 11.6. The summed E-state index contributed by atoms with van der Waals surface area (Å²) < 4.78 is 0. The van der Waals surface area contributed by atoms with E-state index in [9.17, 15) is 0 Å². The van der Waals surface area contributed by atoms with E-state index in [1.165, 1.54) is 0 Å². The van der Waals surface area contributed by atoms with Crippen LogP contribution in [0.5, 0.6) is 0 Å². The fraction of sp³-hybridized carbons (Fsp3) is 0.444. The zero-order valence-electron chi connectivity index (χ0n) is 16.5. The molecule has 8 heteroatoms. The zero-order chi connectivity index (χ0) is 18.8. The molecule has 0 aliphatic heterocycles. The third kappa shape index (κ3) is 22.5. The molecule has 0 amide bonds. The van der Waals surface area contributed by atoms with Crippen molar-refractivity contribution in [3.63, 3.8) is 0 Å². The van der Waals surface area contributed by atoms with Crippen LogP contribution in [0.1, 0.15) is 11.1 Å². The summed E-state index contributed by atoms with van der Waals surface area (Å²) in [4.78, 5) is 13.1. The number of rotatable bonds is 8. The predicted molar refractivity (Wildman–Crippen MR) is 113 cm³/mol. The summed E-state index contributed by atoms with van der Waals surface area (Å²) in [6, 6.07) is 8.28. The van der Waals surface area contributed by atoms with Crippen LogP contribution in [0.15, 0.2) is 34.3 Å². The Morgan fingerprint density at radius 3 is 1.46 bits per heavy atom. The molecule has 0 spiro atoms. The number of hydrogen-bond acceptors (Lipinski definition) is 4. The van der Waals surface area contributed by atoms with Crippen molar-refractivity contribution in [2.24, 2.45) is 9.98 Å². The average molecular weight is 766 g/mol. The van der Waals surface area contributed by atoms with E-state index >= 15 is 0 Å². The Balaban J connectivity index is -0.000000376. The molecule has 0 saturated carbocycles. The fourth-order valence-corrected chi connectivity index (χ4v) is 1.57. The Hall–Kier alpha value is 0.437. The van der Waals surface area contributed by atoms with Crippen molar-refractivity contribution >= 4 is 31.3 Å². The number of nitrogens with zero attached hydrogens (tertiary/aromatic N) is 4. The number of likely N-dealkylation sites (N-methyl/N-ethyl adjacent to an activating group) is 2. The Morgan fingerprint density at radius 1 is 0.808 bits per heavy atom. The molecular formula is C18H32Cl2N4Pt2-2. The maximum absolute atomic E-state index is 4.61. The van der Waals surface area contributed by atoms with Gasteiger partial charge in [0.2, 0.25) is 0 Å². The van der Waals surface area contributed by atoms with Crippen molar-refractivity contribution in [2.45, 2.75) is 0 Å². The van der Waals surface area contributed by atoms with Crippen molar-refractivity contribution < 1.29 is 37.5 Å². The molecular weight excluding hydrogens is 733 g/mol. The molecule has 0 radical (unpaired) electrons. The molecule has 0 heterocycles. The summed E-state index contributed by atoms with van der Waals surface area (Å²) in [5.74, 6) is 0. The van der Waals surface area contributed by atoms with Gasteiger partial charge in [0.1, 0.15) is 0 Å². The van der Waals surface area contributed by atoms with Gasteiger partial charge in [-0.1, -0.05) is 18.2 Å². The van der Waals surface area contributed by atoms with Gasteiger partial charge >= 0.3 is 56.4 Å². The average Bonchev–Trinajstić information content (AvgIpc) is 2.59. The summed E-state index contributed by atoms with van der Waals surface area (Å²) in [5.41, 5.74) is 2.25. The van der Waals surface area contributed by atoms with Crippen LogP contribution in [0.3, 0.4) is 0 Å². The van der Waals surface area contributed by atoms with Crippen LogP contribution in [0.2, 0.25) is 0 Å². The van der Waals surface area contributed by atoms with E-state index in [0.717, 1.165) is 37.3 Å². The van der Waals surface area contributed by atoms with E-state index in [0.29, 0.717) is 0 Å². The minimum atomic E-state index is 0. The van der Waals surface area contributed by atoms with Gasteiger partial charge in [-0.2, -0.15) is 0 Å². The van der Waals surface area contributed by atoms with E-state index in [-0.39, 0.29) is 14.9 Å². The van der Waals surface area contributed by atoms with E-state index in [1.54, 1.807) is 37.5 Å². The summed E-state index contributed by atoms with van der Waals surface area (Å²) in [5, 5.41) is 0. The molecule has 0 aliphatic carbocycles. The van der Waals surface area contributed by atoms with Gasteiger partial charge in [-0.15, -0.1) is 0 Å². The van der Waals surface area contributed by atoms with Crippen LogP contribution in [0.4, 0.5) is 0 Å². The molecule has 160 valence electrons. The number of aliphatic imine (C=N–C) groups is 2. The van der Waals surface area contributed by atoms with Crippen LogP contribution in [0, 0.1) is 14.9 Å². The molecule has 0 aliphatic rings. The topological polar surface area (TPSA) is 31.2 Å². The van der Waals surface area contributed by atoms with Gasteiger partial charge in [0.15, 0.2) is 0 Å². The standard InChI is InChI=1S/C16H26N4.2CH3.2ClH.2Pt/c1-19(2)10-8-17-13-15-6-5-7-16(12-15)14-18-9-11-20(3)4;;;;;;/h5-7,12-14H,8-11H2,1-4H3;2*1H3;2*1H;;/q;2*-1;;;2*+1/p-2. The molecule has 0 bridgehead atoms. The molecule has 1 rings (SSSR count). The van der Waals surface area contributed by atoms with Crippen LogP contribution >= 0.6 is 18.8 Å². The van der Waals surface area contributed by atoms with Gasteiger partial charge in [-0.25, -0.2) is 0 Å². The van der Waals surface area contributed by atoms with Crippen molar-refractivity contribution in [3.8, 4) is 0 Å². The first-order valence-corrected chi connectivity index (χ1v) is 12.8. The van der Waals surface area contributed by atoms with Gasteiger partial charge < -0.3 is 24.7 Å². The Kier molecular flexibility index (Phi) is 33.2. The quantitative estimate of drug-likeness (QED) is 0.297. The second kappa shape index (κ2) is 25.4. The number of hydrogen-bond donors (Lipinski definition) is 0. The molecule has 0 fully saturated rings. The van der Waals surface area contributed by atoms with Gasteiger partial charge in [-0.05, 0) is 45.4 Å². The fourth-order valence-electron chi connectivity index (χ4n) is 1.57. The second-order valence-corrected chi connectivity index (χ2v) is 5.35. The predicted octanol–water partition coefficient (Wildman–Crippen LogP) is 3.92. The van der Waals surface area contributed by atoms with E-state index in [1.807, 2.05) is 18.5 Å². The first-order valence-electron chi connectivity index (χ1n) is 7.21. The van der Waals surface area contributed by atoms with E-state index in [4.69, 9.17) is 0 Å². The van der Waals surface area contributed by atoms with Crippen LogP contribution in [-0.2, 0) is 37.5 Å². The SMILES string of the molecule is CN(C)CCN=Cc1cccc(C=NCCN(C)C)c1.[CH3-].[CH3-].[Cl][Pt].[Cl][Pt]. The van der Waals surface area contributed by atoms with Gasteiger partial charge in [-0.3, -0.25) is 9.98 Å². The Labute approximate surface area is 192 Å². The molecule has 4 nitrogen and oxygen atoms in total. The first kappa shape index (κ1) is 34.0. The molecule has 1 aromatic rings. The van der Waals surface area contributed by atoms with Crippen molar-refractivity contribution in [2.75, 3.05) is 54.4 Å². The molecule has 0 atom stereocenters. The summed E-state index contributed by atoms with van der Waals surface area (Å²) in [6.45, 7) is 3.60. The molecule has 1 aromatic carbocycles. The summed E-state index contributed by atoms with van der Waals surface area (Å²) in [7, 11) is 17.4. The van der Waals surface area contributed by atoms with Crippen molar-refractivity contribution in [1.82, 2.24) is 9.80 Å². The Bertz CT molecular complexity index is 419. The minimum absolute atomic E-state index is 0. The van der Waals surface area contributed by atoms with Gasteiger partial charge in [0.05, 0.1) is 13.1 Å². The maximum atomic E-state index is 4.61. The van der Waals surface area contributed by atoms with Crippen LogP contribution < -0.4 is 0 Å². The zero-order valence-corrected chi connectivity index (χ0v) is 22.5. The third-order valence-electron chi connectivity index (χ3n) is 2.74. The summed E-state index contributed by atoms with van der Waals surface area (Å²) in [6.07, 6.45) is 3.86. The molecule has 26 heavy (non-hydrogen) atoms. The second-order valence-electron chi connectivity index (χ2n) is 5.35. The van der Waals surface area contributed by atoms with Crippen LogP contribution in [-0.4, -0.2) is 76.6 Å². The normalized spacial score (nSPS) is 10.0. The molecule has 0 aromatic heterocycles. The number of halogens is 2. The number of benzene rings is 1. The van der Waals surface area contributed by atoms with Crippen molar-refractivity contribution in [1.29, 1.82) is 0 Å². The van der Waals surface area contributed by atoms with Gasteiger partial charge in [0, 0.05) is 25.5 Å². The molecule has 0 N–H and O–H groups in total.